The summed E-state index contributed by atoms with van der Waals surface area (Å²) >= 11 is 0. The highest BCUT2D eigenvalue weighted by Crippen LogP contribution is 2.30. The average Bonchev–Trinajstić information content (AvgIpc) is 2.99. The summed E-state index contributed by atoms with van der Waals surface area (Å²) in [4.78, 5) is 4.52. The molecule has 1 aliphatic rings. The van der Waals surface area contributed by atoms with Gasteiger partial charge in [-0.2, -0.15) is 17.9 Å². The fourth-order valence-electron chi connectivity index (χ4n) is 4.61. The lowest BCUT2D eigenvalue weighted by molar-refractivity contribution is 0.111. The van der Waals surface area contributed by atoms with Crippen LogP contribution in [0.3, 0.4) is 0 Å². The molecule has 3 aromatic rings. The largest absolute Gasteiger partial charge is 0.481 e. The molecule has 41 heavy (non-hydrogen) atoms. The Bertz CT molecular complexity index is 1450. The Morgan fingerprint density at radius 3 is 2.02 bits per heavy atom. The number of ether oxygens (including phenoxy) is 1. The van der Waals surface area contributed by atoms with Crippen LogP contribution in [0.25, 0.3) is 0 Å². The molecule has 0 saturated carbocycles. The Balaban J connectivity index is 1.34. The molecule has 0 atom stereocenters. The molecule has 1 aliphatic heterocycles. The van der Waals surface area contributed by atoms with Gasteiger partial charge in [-0.3, -0.25) is 4.90 Å². The standard InChI is InChI=1S/C30H31F2N5O3S/c1-2-21-40-28-11-13-29(14-12-28)41(38,39)34-22-27(35-33)15-16-36-17-19-37(20-18-36)30(23-3-7-25(31)8-4-23)24-5-9-26(32)10-6-24/h1,3-14,22,30H,15-21,33H2. The smallest absolute Gasteiger partial charge is 0.282 e. The van der Waals surface area contributed by atoms with Gasteiger partial charge in [-0.15, -0.1) is 6.42 Å². The molecule has 8 nitrogen and oxygen atoms in total. The molecule has 1 saturated heterocycles. The summed E-state index contributed by atoms with van der Waals surface area (Å²) in [6.45, 7) is 3.60. The number of benzene rings is 3. The predicted molar refractivity (Wildman–Crippen MR) is 155 cm³/mol. The number of terminal acetylenes is 1. The number of hydrazone groups is 1. The summed E-state index contributed by atoms with van der Waals surface area (Å²) in [6, 6.07) is 18.4. The van der Waals surface area contributed by atoms with Gasteiger partial charge in [-0.1, -0.05) is 30.2 Å². The Morgan fingerprint density at radius 1 is 0.951 bits per heavy atom. The third-order valence-electron chi connectivity index (χ3n) is 6.78. The van der Waals surface area contributed by atoms with Gasteiger partial charge in [-0.05, 0) is 59.7 Å². The van der Waals surface area contributed by atoms with E-state index in [1.807, 2.05) is 0 Å². The highest BCUT2D eigenvalue weighted by Gasteiger charge is 2.26. The van der Waals surface area contributed by atoms with Crippen LogP contribution in [0.2, 0.25) is 0 Å². The van der Waals surface area contributed by atoms with Crippen LogP contribution >= 0.6 is 0 Å². The quantitative estimate of drug-likeness (QED) is 0.160. The first kappa shape index (κ1) is 29.9. The first-order valence-electron chi connectivity index (χ1n) is 13.0. The van der Waals surface area contributed by atoms with Crippen LogP contribution in [0.5, 0.6) is 5.75 Å². The Hall–Kier alpha value is -4.11. The number of nitrogens with zero attached hydrogens (tertiary/aromatic N) is 4. The van der Waals surface area contributed by atoms with Gasteiger partial charge in [-0.25, -0.2) is 8.78 Å². The van der Waals surface area contributed by atoms with Crippen molar-refractivity contribution in [2.24, 2.45) is 15.3 Å². The molecule has 0 unspecified atom stereocenters. The Morgan fingerprint density at radius 2 is 1.51 bits per heavy atom. The highest BCUT2D eigenvalue weighted by molar-refractivity contribution is 7.90. The second-order valence-electron chi connectivity index (χ2n) is 9.43. The molecule has 11 heteroatoms. The van der Waals surface area contributed by atoms with Crippen LogP contribution in [0.4, 0.5) is 8.78 Å². The molecular weight excluding hydrogens is 548 g/mol. The van der Waals surface area contributed by atoms with Crippen molar-refractivity contribution in [2.75, 3.05) is 39.3 Å². The van der Waals surface area contributed by atoms with Crippen LogP contribution in [0.15, 0.2) is 87.2 Å². The van der Waals surface area contributed by atoms with Crippen molar-refractivity contribution in [1.82, 2.24) is 9.80 Å². The molecule has 3 aromatic carbocycles. The minimum absolute atomic E-state index is 0.00571. The van der Waals surface area contributed by atoms with E-state index in [9.17, 15) is 17.2 Å². The van der Waals surface area contributed by atoms with E-state index in [-0.39, 0.29) is 29.2 Å². The number of rotatable bonds is 11. The van der Waals surface area contributed by atoms with Gasteiger partial charge in [0.05, 0.1) is 22.9 Å². The molecule has 2 N–H and O–H groups in total. The zero-order valence-electron chi connectivity index (χ0n) is 22.4. The maximum absolute atomic E-state index is 13.6. The lowest BCUT2D eigenvalue weighted by Gasteiger charge is -2.39. The SMILES string of the molecule is C#CCOc1ccc(S(=O)(=O)N=CC(CCN2CCN(C(c3ccc(F)cc3)c3ccc(F)cc3)CC2)=NN)cc1. The number of hydrogen-bond donors (Lipinski definition) is 1. The molecular formula is C30H31F2N5O3S. The molecule has 0 aliphatic carbocycles. The fraction of sp³-hybridized carbons (Fsp3) is 0.267. The van der Waals surface area contributed by atoms with Gasteiger partial charge in [0, 0.05) is 39.1 Å². The summed E-state index contributed by atoms with van der Waals surface area (Å²) in [5.41, 5.74) is 2.20. The summed E-state index contributed by atoms with van der Waals surface area (Å²) in [7, 11) is -3.95. The van der Waals surface area contributed by atoms with Crippen LogP contribution < -0.4 is 10.6 Å². The van der Waals surface area contributed by atoms with Gasteiger partial charge in [0.1, 0.15) is 24.0 Å². The zero-order chi connectivity index (χ0) is 29.2. The van der Waals surface area contributed by atoms with Crippen LogP contribution in [-0.4, -0.2) is 69.5 Å². The van der Waals surface area contributed by atoms with E-state index in [1.165, 1.54) is 54.7 Å². The molecule has 0 radical (unpaired) electrons. The van der Waals surface area contributed by atoms with Crippen LogP contribution in [-0.2, 0) is 10.0 Å². The molecule has 0 bridgehead atoms. The molecule has 0 spiro atoms. The highest BCUT2D eigenvalue weighted by atomic mass is 32.2. The van der Waals surface area contributed by atoms with Crippen molar-refractivity contribution in [2.45, 2.75) is 17.4 Å². The summed E-state index contributed by atoms with van der Waals surface area (Å²) < 4.78 is 61.5. The number of piperazine rings is 1. The second-order valence-corrected chi connectivity index (χ2v) is 11.1. The van der Waals surface area contributed by atoms with Gasteiger partial charge in [0.15, 0.2) is 0 Å². The van der Waals surface area contributed by atoms with Crippen molar-refractivity contribution in [1.29, 1.82) is 0 Å². The first-order chi connectivity index (χ1) is 19.8. The number of halogens is 2. The van der Waals surface area contributed by atoms with E-state index in [2.05, 4.69) is 25.2 Å². The lowest BCUT2D eigenvalue weighted by atomic mass is 9.96. The third kappa shape index (κ3) is 8.20. The number of hydrogen-bond acceptors (Lipinski definition) is 7. The minimum atomic E-state index is -3.95. The molecule has 1 fully saturated rings. The monoisotopic (exact) mass is 579 g/mol. The van der Waals surface area contributed by atoms with Gasteiger partial charge in [0.25, 0.3) is 10.0 Å². The maximum atomic E-state index is 13.6. The Kier molecular flexibility index (Phi) is 10.2. The maximum Gasteiger partial charge on any atom is 0.282 e. The lowest BCUT2D eigenvalue weighted by Crippen LogP contribution is -2.48. The molecule has 4 rings (SSSR count). The van der Waals surface area contributed by atoms with E-state index in [1.54, 1.807) is 24.3 Å². The van der Waals surface area contributed by atoms with Gasteiger partial charge >= 0.3 is 0 Å². The van der Waals surface area contributed by atoms with Crippen LogP contribution in [0.1, 0.15) is 23.6 Å². The van der Waals surface area contributed by atoms with Crippen molar-refractivity contribution in [3.8, 4) is 18.1 Å². The zero-order valence-corrected chi connectivity index (χ0v) is 23.2. The summed E-state index contributed by atoms with van der Waals surface area (Å²) in [6.07, 6.45) is 6.75. The molecule has 0 amide bonds. The van der Waals surface area contributed by atoms with E-state index in [0.29, 0.717) is 24.4 Å². The number of sulfonamides is 1. The van der Waals surface area contributed by atoms with Crippen molar-refractivity contribution < 1.29 is 21.9 Å². The second kappa shape index (κ2) is 14.0. The third-order valence-corrected chi connectivity index (χ3v) is 8.03. The topological polar surface area (TPSA) is 101 Å². The molecule has 0 aromatic heterocycles. The van der Waals surface area contributed by atoms with Crippen molar-refractivity contribution in [3.05, 3.63) is 95.6 Å². The van der Waals surface area contributed by atoms with E-state index >= 15 is 0 Å². The normalized spacial score (nSPS) is 15.3. The van der Waals surface area contributed by atoms with Gasteiger partial charge in [0.2, 0.25) is 0 Å². The van der Waals surface area contributed by atoms with Crippen molar-refractivity contribution >= 4 is 21.9 Å². The van der Waals surface area contributed by atoms with E-state index in [0.717, 1.165) is 37.3 Å². The van der Waals surface area contributed by atoms with Crippen LogP contribution in [0, 0.1) is 24.0 Å². The Labute approximate surface area is 239 Å². The van der Waals surface area contributed by atoms with E-state index < -0.39 is 10.0 Å². The number of nitrogens with two attached hydrogens (primary N) is 1. The average molecular weight is 580 g/mol. The van der Waals surface area contributed by atoms with Crippen molar-refractivity contribution in [3.63, 3.8) is 0 Å². The van der Waals surface area contributed by atoms with Gasteiger partial charge < -0.3 is 15.5 Å². The fourth-order valence-corrected chi connectivity index (χ4v) is 5.47. The summed E-state index contributed by atoms with van der Waals surface area (Å²) in [5, 5.41) is 3.72. The first-order valence-corrected chi connectivity index (χ1v) is 14.4. The summed E-state index contributed by atoms with van der Waals surface area (Å²) in [5.74, 6) is 7.70. The molecule has 214 valence electrons. The molecule has 1 heterocycles. The minimum Gasteiger partial charge on any atom is -0.481 e. The predicted octanol–water partition coefficient (Wildman–Crippen LogP) is 3.85. The van der Waals surface area contributed by atoms with E-state index in [4.69, 9.17) is 17.0 Å².